The number of phenols is 3. The summed E-state index contributed by atoms with van der Waals surface area (Å²) in [6.07, 6.45) is -0.942. The van der Waals surface area contributed by atoms with Gasteiger partial charge in [-0.25, -0.2) is 10.2 Å². The summed E-state index contributed by atoms with van der Waals surface area (Å²) in [5.74, 6) is -0.0202. The monoisotopic (exact) mass is 358 g/mol. The van der Waals surface area contributed by atoms with Gasteiger partial charge in [0.2, 0.25) is 0 Å². The zero-order chi connectivity index (χ0) is 18.7. The molecule has 2 aromatic rings. The Morgan fingerprint density at radius 1 is 1.23 bits per heavy atom. The van der Waals surface area contributed by atoms with E-state index in [0.717, 1.165) is 5.56 Å². The Morgan fingerprint density at radius 3 is 2.65 bits per heavy atom. The lowest BCUT2D eigenvalue weighted by molar-refractivity contribution is 0.152. The summed E-state index contributed by atoms with van der Waals surface area (Å²) in [4.78, 5) is 11.5. The third-order valence-electron chi connectivity index (χ3n) is 3.83. The number of carbonyl (C=O) groups excluding carboxylic acids is 1. The molecule has 26 heavy (non-hydrogen) atoms. The Bertz CT molecular complexity index is 848. The zero-order valence-electron chi connectivity index (χ0n) is 14.0. The minimum Gasteiger partial charge on any atom is -0.508 e. The van der Waals surface area contributed by atoms with E-state index >= 15 is 0 Å². The molecule has 1 amide bonds. The Balaban J connectivity index is 1.98. The lowest BCUT2D eigenvalue weighted by Gasteiger charge is -2.28. The van der Waals surface area contributed by atoms with Crippen LogP contribution in [0.5, 0.6) is 23.0 Å². The standard InChI is InChI=1S/C18H18N2O6/c1-2-25-18(24)20-19-13-9-15(10-3-5-11(21)6-4-10)26-16-8-12(22)7-14(23)17(13)16/h3-8,15,21-23H,2,9H2,1H3,(H,20,24). The third kappa shape index (κ3) is 3.64. The van der Waals surface area contributed by atoms with Gasteiger partial charge in [0.15, 0.2) is 0 Å². The molecule has 136 valence electrons. The van der Waals surface area contributed by atoms with Crippen molar-refractivity contribution in [3.8, 4) is 23.0 Å². The van der Waals surface area contributed by atoms with Crippen LogP contribution in [-0.2, 0) is 4.74 Å². The van der Waals surface area contributed by atoms with E-state index in [1.165, 1.54) is 24.3 Å². The van der Waals surface area contributed by atoms with Gasteiger partial charge < -0.3 is 24.8 Å². The molecule has 0 aliphatic carbocycles. The van der Waals surface area contributed by atoms with E-state index in [4.69, 9.17) is 9.47 Å². The summed E-state index contributed by atoms with van der Waals surface area (Å²) in [5.41, 5.74) is 3.70. The van der Waals surface area contributed by atoms with Crippen molar-refractivity contribution in [2.24, 2.45) is 5.10 Å². The van der Waals surface area contributed by atoms with E-state index in [0.29, 0.717) is 5.71 Å². The molecule has 0 saturated carbocycles. The van der Waals surface area contributed by atoms with Crippen LogP contribution in [0.15, 0.2) is 41.5 Å². The number of hydrogen-bond acceptors (Lipinski definition) is 7. The molecule has 1 unspecified atom stereocenters. The van der Waals surface area contributed by atoms with Crippen molar-refractivity contribution in [2.45, 2.75) is 19.4 Å². The molecule has 0 aromatic heterocycles. The average molecular weight is 358 g/mol. The van der Waals surface area contributed by atoms with Crippen molar-refractivity contribution < 1.29 is 29.6 Å². The normalized spacial score (nSPS) is 17.3. The highest BCUT2D eigenvalue weighted by Gasteiger charge is 2.30. The predicted molar refractivity (Wildman–Crippen MR) is 92.6 cm³/mol. The lowest BCUT2D eigenvalue weighted by Crippen LogP contribution is -2.26. The fraction of sp³-hybridized carbons (Fsp3) is 0.222. The highest BCUT2D eigenvalue weighted by molar-refractivity contribution is 6.06. The van der Waals surface area contributed by atoms with Crippen LogP contribution in [0.2, 0.25) is 0 Å². The van der Waals surface area contributed by atoms with Crippen LogP contribution in [0.1, 0.15) is 30.6 Å². The Morgan fingerprint density at radius 2 is 1.96 bits per heavy atom. The molecular weight excluding hydrogens is 340 g/mol. The SMILES string of the molecule is CCOC(=O)NN=C1CC(c2ccc(O)cc2)Oc2cc(O)cc(O)c21. The first kappa shape index (κ1) is 17.4. The van der Waals surface area contributed by atoms with E-state index in [9.17, 15) is 20.1 Å². The predicted octanol–water partition coefficient (Wildman–Crippen LogP) is 2.78. The first-order valence-corrected chi connectivity index (χ1v) is 7.99. The molecule has 0 radical (unpaired) electrons. The van der Waals surface area contributed by atoms with Crippen molar-refractivity contribution in [2.75, 3.05) is 6.61 Å². The van der Waals surface area contributed by atoms with Gasteiger partial charge >= 0.3 is 6.09 Å². The molecule has 8 nitrogen and oxygen atoms in total. The number of aromatic hydroxyl groups is 3. The number of fused-ring (bicyclic) bond motifs is 1. The second kappa shape index (κ2) is 7.22. The van der Waals surface area contributed by atoms with Gasteiger partial charge in [-0.2, -0.15) is 5.10 Å². The zero-order valence-corrected chi connectivity index (χ0v) is 14.0. The molecule has 0 saturated heterocycles. The van der Waals surface area contributed by atoms with Crippen molar-refractivity contribution in [3.05, 3.63) is 47.5 Å². The summed E-state index contributed by atoms with van der Waals surface area (Å²) in [6.45, 7) is 1.87. The number of hydrogen-bond donors (Lipinski definition) is 4. The molecule has 0 fully saturated rings. The van der Waals surface area contributed by atoms with Crippen LogP contribution in [0.4, 0.5) is 4.79 Å². The Hall–Kier alpha value is -3.42. The van der Waals surface area contributed by atoms with Crippen LogP contribution < -0.4 is 10.2 Å². The Kier molecular flexibility index (Phi) is 4.83. The molecule has 1 aliphatic heterocycles. The maximum Gasteiger partial charge on any atom is 0.427 e. The molecule has 4 N–H and O–H groups in total. The number of rotatable bonds is 3. The molecule has 1 heterocycles. The smallest absolute Gasteiger partial charge is 0.427 e. The van der Waals surface area contributed by atoms with Gasteiger partial charge in [-0.15, -0.1) is 0 Å². The van der Waals surface area contributed by atoms with Crippen molar-refractivity contribution in [3.63, 3.8) is 0 Å². The molecule has 0 spiro atoms. The number of ether oxygens (including phenoxy) is 2. The average Bonchev–Trinajstić information content (AvgIpc) is 2.59. The number of phenolic OH excluding ortho intramolecular Hbond substituents is 3. The van der Waals surface area contributed by atoms with Gasteiger partial charge in [0.1, 0.15) is 29.1 Å². The van der Waals surface area contributed by atoms with Gasteiger partial charge in [-0.3, -0.25) is 0 Å². The molecule has 0 bridgehead atoms. The quantitative estimate of drug-likeness (QED) is 0.626. The van der Waals surface area contributed by atoms with Crippen LogP contribution >= 0.6 is 0 Å². The van der Waals surface area contributed by atoms with Crippen molar-refractivity contribution in [1.29, 1.82) is 0 Å². The summed E-state index contributed by atoms with van der Waals surface area (Å²) in [6, 6.07) is 8.99. The highest BCUT2D eigenvalue weighted by Crippen LogP contribution is 2.42. The second-order valence-electron chi connectivity index (χ2n) is 5.63. The van der Waals surface area contributed by atoms with Gasteiger partial charge in [0, 0.05) is 18.6 Å². The summed E-state index contributed by atoms with van der Waals surface area (Å²) in [7, 11) is 0. The molecule has 2 aromatic carbocycles. The number of hydrazone groups is 1. The minimum atomic E-state index is -0.715. The molecule has 1 atom stereocenters. The molecule has 3 rings (SSSR count). The highest BCUT2D eigenvalue weighted by atomic mass is 16.5. The Labute approximate surface area is 149 Å². The van der Waals surface area contributed by atoms with Crippen LogP contribution in [0.3, 0.4) is 0 Å². The van der Waals surface area contributed by atoms with Gasteiger partial charge in [-0.05, 0) is 24.6 Å². The van der Waals surface area contributed by atoms with Gasteiger partial charge in [0.25, 0.3) is 0 Å². The topological polar surface area (TPSA) is 121 Å². The van der Waals surface area contributed by atoms with E-state index in [1.807, 2.05) is 0 Å². The number of benzene rings is 2. The van der Waals surface area contributed by atoms with Crippen LogP contribution in [0.25, 0.3) is 0 Å². The number of nitrogens with zero attached hydrogens (tertiary/aromatic N) is 1. The third-order valence-corrected chi connectivity index (χ3v) is 3.83. The van der Waals surface area contributed by atoms with Crippen LogP contribution in [0, 0.1) is 0 Å². The van der Waals surface area contributed by atoms with Crippen molar-refractivity contribution >= 4 is 11.8 Å². The van der Waals surface area contributed by atoms with Crippen molar-refractivity contribution in [1.82, 2.24) is 5.43 Å². The summed E-state index contributed by atoms with van der Waals surface area (Å²) in [5, 5.41) is 33.4. The van der Waals surface area contributed by atoms with E-state index in [2.05, 4.69) is 10.5 Å². The summed E-state index contributed by atoms with van der Waals surface area (Å²) < 4.78 is 10.7. The molecule has 1 aliphatic rings. The van der Waals surface area contributed by atoms with Gasteiger partial charge in [-0.1, -0.05) is 12.1 Å². The fourth-order valence-electron chi connectivity index (χ4n) is 2.70. The van der Waals surface area contributed by atoms with E-state index in [1.54, 1.807) is 19.1 Å². The van der Waals surface area contributed by atoms with E-state index in [-0.39, 0.29) is 41.6 Å². The summed E-state index contributed by atoms with van der Waals surface area (Å²) >= 11 is 0. The second-order valence-corrected chi connectivity index (χ2v) is 5.63. The van der Waals surface area contributed by atoms with Crippen LogP contribution in [-0.4, -0.2) is 33.7 Å². The number of carbonyl (C=O) groups is 1. The van der Waals surface area contributed by atoms with E-state index < -0.39 is 12.2 Å². The number of nitrogens with one attached hydrogen (secondary N) is 1. The first-order chi connectivity index (χ1) is 12.5. The maximum absolute atomic E-state index is 11.5. The molecule has 8 heteroatoms. The minimum absolute atomic E-state index is 0.123. The molecular formula is C18H18N2O6. The fourth-order valence-corrected chi connectivity index (χ4v) is 2.70. The maximum atomic E-state index is 11.5. The van der Waals surface area contributed by atoms with Gasteiger partial charge in [0.05, 0.1) is 17.9 Å². The largest absolute Gasteiger partial charge is 0.508 e. The lowest BCUT2D eigenvalue weighted by atomic mass is 9.94. The number of amides is 1. The first-order valence-electron chi connectivity index (χ1n) is 7.99.